The van der Waals surface area contributed by atoms with Crippen LogP contribution < -0.4 is 0 Å². The molecular formula is C17H21NOS. The number of likely N-dealkylation sites (tertiary alicyclic amines) is 1. The van der Waals surface area contributed by atoms with Crippen molar-refractivity contribution in [1.29, 1.82) is 0 Å². The van der Waals surface area contributed by atoms with Crippen LogP contribution in [-0.2, 0) is 6.54 Å². The second kappa shape index (κ2) is 4.83. The maximum Gasteiger partial charge on any atom is 0.0546 e. The molecule has 1 saturated carbocycles. The van der Waals surface area contributed by atoms with E-state index in [0.717, 1.165) is 31.2 Å². The number of nitrogens with zero attached hydrogens (tertiary/aromatic N) is 1. The number of hydrogen-bond acceptors (Lipinski definition) is 3. The third kappa shape index (κ3) is 2.09. The summed E-state index contributed by atoms with van der Waals surface area (Å²) in [5, 5.41) is 11.2. The monoisotopic (exact) mass is 287 g/mol. The molecule has 0 radical (unpaired) electrons. The first-order valence-corrected chi connectivity index (χ1v) is 8.40. The van der Waals surface area contributed by atoms with Crippen LogP contribution in [0.5, 0.6) is 0 Å². The first-order valence-electron chi connectivity index (χ1n) is 7.58. The van der Waals surface area contributed by atoms with E-state index in [1.807, 2.05) is 11.3 Å². The third-order valence-electron chi connectivity index (χ3n) is 5.08. The number of benzene rings is 1. The van der Waals surface area contributed by atoms with Gasteiger partial charge in [-0.15, -0.1) is 11.3 Å². The molecule has 2 fully saturated rings. The molecule has 3 atom stereocenters. The van der Waals surface area contributed by atoms with Crippen molar-refractivity contribution in [2.45, 2.75) is 32.4 Å². The van der Waals surface area contributed by atoms with Gasteiger partial charge >= 0.3 is 0 Å². The average molecular weight is 287 g/mol. The normalized spacial score (nSPS) is 30.2. The van der Waals surface area contributed by atoms with Crippen LogP contribution >= 0.6 is 11.3 Å². The Kier molecular flexibility index (Phi) is 3.09. The van der Waals surface area contributed by atoms with Gasteiger partial charge in [-0.3, -0.25) is 4.90 Å². The van der Waals surface area contributed by atoms with Crippen molar-refractivity contribution in [1.82, 2.24) is 4.90 Å². The average Bonchev–Trinajstić information content (AvgIpc) is 3.02. The molecule has 1 N–H and O–H groups in total. The van der Waals surface area contributed by atoms with Gasteiger partial charge in [0.2, 0.25) is 0 Å². The molecule has 106 valence electrons. The summed E-state index contributed by atoms with van der Waals surface area (Å²) in [6.45, 7) is 5.68. The van der Waals surface area contributed by atoms with Crippen molar-refractivity contribution >= 4 is 21.4 Å². The molecule has 1 unspecified atom stereocenters. The van der Waals surface area contributed by atoms with E-state index in [2.05, 4.69) is 36.1 Å². The fraction of sp³-hybridized carbons (Fsp3) is 0.529. The van der Waals surface area contributed by atoms with Crippen molar-refractivity contribution in [3.63, 3.8) is 0 Å². The highest BCUT2D eigenvalue weighted by molar-refractivity contribution is 7.19. The summed E-state index contributed by atoms with van der Waals surface area (Å²) in [6, 6.07) is 8.76. The van der Waals surface area contributed by atoms with Crippen LogP contribution in [0, 0.1) is 18.8 Å². The van der Waals surface area contributed by atoms with Crippen LogP contribution in [0.3, 0.4) is 0 Å². The predicted octanol–water partition coefficient (Wildman–Crippen LogP) is 3.41. The molecular weight excluding hydrogens is 266 g/mol. The number of thiophene rings is 1. The van der Waals surface area contributed by atoms with Gasteiger partial charge in [-0.05, 0) is 48.6 Å². The summed E-state index contributed by atoms with van der Waals surface area (Å²) >= 11 is 1.92. The zero-order valence-corrected chi connectivity index (χ0v) is 12.7. The van der Waals surface area contributed by atoms with Gasteiger partial charge < -0.3 is 5.11 Å². The second-order valence-electron chi connectivity index (χ2n) is 6.47. The molecule has 1 aliphatic heterocycles. The Hall–Kier alpha value is -0.900. The maximum atomic E-state index is 9.75. The van der Waals surface area contributed by atoms with Crippen LogP contribution in [0.4, 0.5) is 0 Å². The standard InChI is InChI=1S/C17H21NOS/c1-11-16(15-4-2-3-5-17(15)20-11)10-18-8-12-6-14(19)7-13(12)9-18/h2-5,12-14,19H,6-10H2,1H3/t12-,13+,14?. The zero-order chi connectivity index (χ0) is 13.7. The Labute approximate surface area is 124 Å². The first kappa shape index (κ1) is 12.8. The molecule has 1 saturated heterocycles. The summed E-state index contributed by atoms with van der Waals surface area (Å²) in [5.74, 6) is 1.46. The zero-order valence-electron chi connectivity index (χ0n) is 11.9. The predicted molar refractivity (Wildman–Crippen MR) is 84.1 cm³/mol. The second-order valence-corrected chi connectivity index (χ2v) is 7.73. The molecule has 2 aromatic rings. The fourth-order valence-corrected chi connectivity index (χ4v) is 5.21. The van der Waals surface area contributed by atoms with Gasteiger partial charge in [-0.25, -0.2) is 0 Å². The van der Waals surface area contributed by atoms with Gasteiger partial charge in [-0.1, -0.05) is 18.2 Å². The summed E-state index contributed by atoms with van der Waals surface area (Å²) in [5.41, 5.74) is 1.52. The minimum absolute atomic E-state index is 0.0316. The van der Waals surface area contributed by atoms with Gasteiger partial charge in [-0.2, -0.15) is 0 Å². The van der Waals surface area contributed by atoms with Crippen LogP contribution in [0.25, 0.3) is 10.1 Å². The molecule has 0 spiro atoms. The van der Waals surface area contributed by atoms with E-state index in [1.54, 1.807) is 0 Å². The van der Waals surface area contributed by atoms with Crippen LogP contribution in [0.15, 0.2) is 24.3 Å². The highest BCUT2D eigenvalue weighted by Crippen LogP contribution is 2.40. The summed E-state index contributed by atoms with van der Waals surface area (Å²) in [4.78, 5) is 4.06. The molecule has 1 aromatic heterocycles. The maximum absolute atomic E-state index is 9.75. The number of fused-ring (bicyclic) bond motifs is 2. The van der Waals surface area contributed by atoms with Gasteiger partial charge in [0.25, 0.3) is 0 Å². The Morgan fingerprint density at radius 3 is 2.65 bits per heavy atom. The van der Waals surface area contributed by atoms with Gasteiger partial charge in [0.1, 0.15) is 0 Å². The van der Waals surface area contributed by atoms with Crippen molar-refractivity contribution in [2.75, 3.05) is 13.1 Å². The minimum Gasteiger partial charge on any atom is -0.393 e. The van der Waals surface area contributed by atoms with Crippen molar-refractivity contribution in [2.24, 2.45) is 11.8 Å². The number of aliphatic hydroxyl groups excluding tert-OH is 1. The molecule has 3 heteroatoms. The third-order valence-corrected chi connectivity index (χ3v) is 6.21. The van der Waals surface area contributed by atoms with E-state index >= 15 is 0 Å². The molecule has 20 heavy (non-hydrogen) atoms. The van der Waals surface area contributed by atoms with Crippen molar-refractivity contribution in [3.8, 4) is 0 Å². The minimum atomic E-state index is -0.0316. The molecule has 2 nitrogen and oxygen atoms in total. The smallest absolute Gasteiger partial charge is 0.0546 e. The van der Waals surface area contributed by atoms with Crippen LogP contribution in [-0.4, -0.2) is 29.2 Å². The molecule has 1 aromatic carbocycles. The van der Waals surface area contributed by atoms with Crippen molar-refractivity contribution in [3.05, 3.63) is 34.7 Å². The van der Waals surface area contributed by atoms with E-state index < -0.39 is 0 Å². The molecule has 2 heterocycles. The topological polar surface area (TPSA) is 23.5 Å². The Morgan fingerprint density at radius 2 is 1.90 bits per heavy atom. The lowest BCUT2D eigenvalue weighted by molar-refractivity contribution is 0.161. The summed E-state index contributed by atoms with van der Waals surface area (Å²) in [6.07, 6.45) is 2.01. The van der Waals surface area contributed by atoms with Crippen molar-refractivity contribution < 1.29 is 5.11 Å². The lowest BCUT2D eigenvalue weighted by Gasteiger charge is -2.18. The molecule has 4 rings (SSSR count). The highest BCUT2D eigenvalue weighted by atomic mass is 32.1. The summed E-state index contributed by atoms with van der Waals surface area (Å²) in [7, 11) is 0. The van der Waals surface area contributed by atoms with Gasteiger partial charge in [0.15, 0.2) is 0 Å². The van der Waals surface area contributed by atoms with Gasteiger partial charge in [0.05, 0.1) is 6.10 Å². The molecule has 0 amide bonds. The van der Waals surface area contributed by atoms with E-state index in [-0.39, 0.29) is 6.10 Å². The lowest BCUT2D eigenvalue weighted by Crippen LogP contribution is -2.22. The number of aryl methyl sites for hydroxylation is 1. The molecule has 2 aliphatic rings. The quantitative estimate of drug-likeness (QED) is 0.915. The first-order chi connectivity index (χ1) is 9.70. The Bertz CT molecular complexity index is 621. The summed E-state index contributed by atoms with van der Waals surface area (Å²) < 4.78 is 1.41. The van der Waals surface area contributed by atoms with E-state index in [0.29, 0.717) is 0 Å². The van der Waals surface area contributed by atoms with E-state index in [4.69, 9.17) is 0 Å². The van der Waals surface area contributed by atoms with Crippen LogP contribution in [0.1, 0.15) is 23.3 Å². The highest BCUT2D eigenvalue weighted by Gasteiger charge is 2.40. The number of rotatable bonds is 2. The largest absolute Gasteiger partial charge is 0.393 e. The van der Waals surface area contributed by atoms with E-state index in [1.165, 1.54) is 33.6 Å². The SMILES string of the molecule is Cc1sc2ccccc2c1CN1C[C@H]2CC(O)C[C@H]2C1. The molecule has 1 aliphatic carbocycles. The van der Waals surface area contributed by atoms with Crippen LogP contribution in [0.2, 0.25) is 0 Å². The fourth-order valence-electron chi connectivity index (χ4n) is 4.14. The van der Waals surface area contributed by atoms with E-state index in [9.17, 15) is 5.11 Å². The lowest BCUT2D eigenvalue weighted by atomic mass is 10.0. The number of hydrogen-bond donors (Lipinski definition) is 1. The molecule has 0 bridgehead atoms. The van der Waals surface area contributed by atoms with Gasteiger partial charge in [0, 0.05) is 29.2 Å². The number of aliphatic hydroxyl groups is 1. The Morgan fingerprint density at radius 1 is 1.20 bits per heavy atom. The Balaban J connectivity index is 1.56.